The number of hydrogen-bond donors (Lipinski definition) is 1. The van der Waals surface area contributed by atoms with Gasteiger partial charge in [0.05, 0.1) is 5.54 Å². The molecule has 1 aliphatic rings. The van der Waals surface area contributed by atoms with Gasteiger partial charge in [0.25, 0.3) is 0 Å². The van der Waals surface area contributed by atoms with Crippen molar-refractivity contribution >= 4 is 5.69 Å². The molecule has 1 unspecified atom stereocenters. The maximum Gasteiger partial charge on any atom is 0.0571 e. The Labute approximate surface area is 124 Å². The molecule has 1 aromatic carbocycles. The van der Waals surface area contributed by atoms with Gasteiger partial charge in [0.2, 0.25) is 0 Å². The molecule has 1 atom stereocenters. The summed E-state index contributed by atoms with van der Waals surface area (Å²) < 4.78 is 0. The number of aryl methyl sites for hydroxylation is 1. The highest BCUT2D eigenvalue weighted by atomic mass is 15.2. The topological polar surface area (TPSA) is 29.3 Å². The molecule has 0 radical (unpaired) electrons. The van der Waals surface area contributed by atoms with Crippen LogP contribution in [0.4, 0.5) is 5.69 Å². The van der Waals surface area contributed by atoms with E-state index >= 15 is 0 Å². The standard InChI is InChI=1S/C18H30N2/c1-5-15-8-10-16(11-9-15)20(4)18(14-19)13-7-6-12-17(18,2)3/h8-11H,5-7,12-14,19H2,1-4H3. The van der Waals surface area contributed by atoms with E-state index in [0.717, 1.165) is 13.0 Å². The van der Waals surface area contributed by atoms with Crippen molar-refractivity contribution in [1.82, 2.24) is 0 Å². The predicted molar refractivity (Wildman–Crippen MR) is 88.3 cm³/mol. The molecule has 1 fully saturated rings. The Kier molecular flexibility index (Phi) is 4.43. The van der Waals surface area contributed by atoms with E-state index in [-0.39, 0.29) is 11.0 Å². The van der Waals surface area contributed by atoms with Crippen molar-refractivity contribution in [2.75, 3.05) is 18.5 Å². The fraction of sp³-hybridized carbons (Fsp3) is 0.667. The molecule has 2 N–H and O–H groups in total. The first-order valence-electron chi connectivity index (χ1n) is 8.00. The van der Waals surface area contributed by atoms with Crippen molar-refractivity contribution in [3.05, 3.63) is 29.8 Å². The molecule has 2 rings (SSSR count). The van der Waals surface area contributed by atoms with Crippen LogP contribution in [0.1, 0.15) is 52.0 Å². The molecule has 0 saturated heterocycles. The summed E-state index contributed by atoms with van der Waals surface area (Å²) in [6, 6.07) is 8.99. The normalized spacial score (nSPS) is 25.4. The first-order valence-corrected chi connectivity index (χ1v) is 8.00. The van der Waals surface area contributed by atoms with Crippen LogP contribution in [0.5, 0.6) is 0 Å². The van der Waals surface area contributed by atoms with Crippen LogP contribution >= 0.6 is 0 Å². The number of nitrogens with zero attached hydrogens (tertiary/aromatic N) is 1. The summed E-state index contributed by atoms with van der Waals surface area (Å²) >= 11 is 0. The lowest BCUT2D eigenvalue weighted by atomic mass is 9.62. The Morgan fingerprint density at radius 2 is 1.70 bits per heavy atom. The zero-order chi connectivity index (χ0) is 14.8. The molecule has 0 aliphatic heterocycles. The number of rotatable bonds is 4. The summed E-state index contributed by atoms with van der Waals surface area (Å²) in [5.41, 5.74) is 9.30. The number of hydrogen-bond acceptors (Lipinski definition) is 2. The largest absolute Gasteiger partial charge is 0.367 e. The molecular formula is C18H30N2. The van der Waals surface area contributed by atoms with Crippen LogP contribution in [0.2, 0.25) is 0 Å². The third-order valence-electron chi connectivity index (χ3n) is 5.61. The predicted octanol–water partition coefficient (Wildman–Crippen LogP) is 3.98. The van der Waals surface area contributed by atoms with Crippen molar-refractivity contribution in [3.8, 4) is 0 Å². The van der Waals surface area contributed by atoms with Crippen molar-refractivity contribution < 1.29 is 0 Å². The van der Waals surface area contributed by atoms with Crippen molar-refractivity contribution in [1.29, 1.82) is 0 Å². The monoisotopic (exact) mass is 274 g/mol. The first-order chi connectivity index (χ1) is 9.47. The second-order valence-corrected chi connectivity index (χ2v) is 6.91. The minimum Gasteiger partial charge on any atom is -0.367 e. The van der Waals surface area contributed by atoms with E-state index in [9.17, 15) is 0 Å². The summed E-state index contributed by atoms with van der Waals surface area (Å²) in [7, 11) is 2.22. The molecule has 1 aliphatic carbocycles. The number of likely N-dealkylation sites (N-methyl/N-ethyl adjacent to an activating group) is 1. The quantitative estimate of drug-likeness (QED) is 0.899. The van der Waals surface area contributed by atoms with E-state index in [0.29, 0.717) is 0 Å². The van der Waals surface area contributed by atoms with Crippen LogP contribution in [0.3, 0.4) is 0 Å². The van der Waals surface area contributed by atoms with Crippen LogP contribution in [0.25, 0.3) is 0 Å². The van der Waals surface area contributed by atoms with Gasteiger partial charge in [0.15, 0.2) is 0 Å². The SMILES string of the molecule is CCc1ccc(N(C)C2(CN)CCCCC2(C)C)cc1. The van der Waals surface area contributed by atoms with Crippen molar-refractivity contribution in [2.24, 2.45) is 11.1 Å². The number of nitrogens with two attached hydrogens (primary N) is 1. The van der Waals surface area contributed by atoms with E-state index in [1.165, 1.54) is 36.9 Å². The number of anilines is 1. The zero-order valence-electron chi connectivity index (χ0n) is 13.6. The second kappa shape index (κ2) is 5.77. The van der Waals surface area contributed by atoms with Crippen molar-refractivity contribution in [3.63, 3.8) is 0 Å². The minimum atomic E-state index is 0.0823. The minimum absolute atomic E-state index is 0.0823. The average Bonchev–Trinajstić information content (AvgIpc) is 2.46. The van der Waals surface area contributed by atoms with Gasteiger partial charge in [-0.05, 0) is 42.4 Å². The van der Waals surface area contributed by atoms with Gasteiger partial charge in [0, 0.05) is 19.3 Å². The summed E-state index contributed by atoms with van der Waals surface area (Å²) in [5.74, 6) is 0. The Morgan fingerprint density at radius 3 is 2.20 bits per heavy atom. The highest BCUT2D eigenvalue weighted by Crippen LogP contribution is 2.47. The van der Waals surface area contributed by atoms with E-state index in [1.807, 2.05) is 0 Å². The molecule has 0 spiro atoms. The van der Waals surface area contributed by atoms with Crippen LogP contribution in [-0.4, -0.2) is 19.1 Å². The highest BCUT2D eigenvalue weighted by molar-refractivity contribution is 5.50. The average molecular weight is 274 g/mol. The first kappa shape index (κ1) is 15.4. The Morgan fingerprint density at radius 1 is 1.10 bits per heavy atom. The second-order valence-electron chi connectivity index (χ2n) is 6.91. The lowest BCUT2D eigenvalue weighted by Crippen LogP contribution is -2.63. The molecular weight excluding hydrogens is 244 g/mol. The van der Waals surface area contributed by atoms with Gasteiger partial charge in [-0.15, -0.1) is 0 Å². The third kappa shape index (κ3) is 2.46. The maximum absolute atomic E-state index is 6.27. The summed E-state index contributed by atoms with van der Waals surface area (Å²) in [6.45, 7) is 7.70. The van der Waals surface area contributed by atoms with E-state index in [4.69, 9.17) is 5.73 Å². The van der Waals surface area contributed by atoms with E-state index < -0.39 is 0 Å². The van der Waals surface area contributed by atoms with Gasteiger partial charge >= 0.3 is 0 Å². The Balaban J connectivity index is 2.34. The van der Waals surface area contributed by atoms with Gasteiger partial charge in [0.1, 0.15) is 0 Å². The van der Waals surface area contributed by atoms with Crippen LogP contribution in [0, 0.1) is 5.41 Å². The molecule has 112 valence electrons. The maximum atomic E-state index is 6.27. The van der Waals surface area contributed by atoms with E-state index in [1.54, 1.807) is 0 Å². The molecule has 0 bridgehead atoms. The highest BCUT2D eigenvalue weighted by Gasteiger charge is 2.48. The molecule has 1 saturated carbocycles. The molecule has 0 amide bonds. The zero-order valence-corrected chi connectivity index (χ0v) is 13.6. The smallest absolute Gasteiger partial charge is 0.0571 e. The van der Waals surface area contributed by atoms with Gasteiger partial charge in [-0.25, -0.2) is 0 Å². The summed E-state index contributed by atoms with van der Waals surface area (Å²) in [5, 5.41) is 0. The fourth-order valence-corrected chi connectivity index (χ4v) is 3.89. The molecule has 1 aromatic rings. The molecule has 2 nitrogen and oxygen atoms in total. The fourth-order valence-electron chi connectivity index (χ4n) is 3.89. The molecule has 0 aromatic heterocycles. The number of benzene rings is 1. The molecule has 0 heterocycles. The molecule has 2 heteroatoms. The Bertz CT molecular complexity index is 435. The van der Waals surface area contributed by atoms with Gasteiger partial charge < -0.3 is 10.6 Å². The third-order valence-corrected chi connectivity index (χ3v) is 5.61. The summed E-state index contributed by atoms with van der Waals surface area (Å²) in [4.78, 5) is 2.45. The van der Waals surface area contributed by atoms with Crippen LogP contribution in [0.15, 0.2) is 24.3 Å². The lowest BCUT2D eigenvalue weighted by molar-refractivity contribution is 0.101. The van der Waals surface area contributed by atoms with Crippen LogP contribution < -0.4 is 10.6 Å². The van der Waals surface area contributed by atoms with Gasteiger partial charge in [-0.2, -0.15) is 0 Å². The van der Waals surface area contributed by atoms with Crippen molar-refractivity contribution in [2.45, 2.75) is 58.4 Å². The summed E-state index contributed by atoms with van der Waals surface area (Å²) in [6.07, 6.45) is 6.18. The van der Waals surface area contributed by atoms with Crippen LogP contribution in [-0.2, 0) is 6.42 Å². The lowest BCUT2D eigenvalue weighted by Gasteiger charge is -2.55. The molecule has 20 heavy (non-hydrogen) atoms. The Hall–Kier alpha value is -1.02. The van der Waals surface area contributed by atoms with E-state index in [2.05, 4.69) is 57.0 Å². The van der Waals surface area contributed by atoms with Gasteiger partial charge in [-0.3, -0.25) is 0 Å². The van der Waals surface area contributed by atoms with Gasteiger partial charge in [-0.1, -0.05) is 45.7 Å².